The van der Waals surface area contributed by atoms with E-state index in [1.54, 1.807) is 11.8 Å². The minimum absolute atomic E-state index is 0. The van der Waals surface area contributed by atoms with E-state index in [0.717, 1.165) is 169 Å². The summed E-state index contributed by atoms with van der Waals surface area (Å²) in [6, 6.07) is 1.31. The maximum Gasteiger partial charge on any atom is 0.409 e. The van der Waals surface area contributed by atoms with Gasteiger partial charge in [-0.3, -0.25) is 19.4 Å². The lowest BCUT2D eigenvalue weighted by Crippen LogP contribution is -2.56. The topological polar surface area (TPSA) is 187 Å². The van der Waals surface area contributed by atoms with Gasteiger partial charge in [-0.1, -0.05) is 0 Å². The molecule has 0 atom stereocenters. The molecule has 1 N–H and O–H groups in total. The van der Waals surface area contributed by atoms with E-state index < -0.39 is 0 Å². The number of ketones is 2. The van der Waals surface area contributed by atoms with Crippen molar-refractivity contribution in [3.63, 3.8) is 0 Å². The smallest absolute Gasteiger partial charge is 0.409 e. The number of rotatable bonds is 5. The highest BCUT2D eigenvalue weighted by molar-refractivity contribution is 6.40. The van der Waals surface area contributed by atoms with Crippen LogP contribution in [0.1, 0.15) is 130 Å². The summed E-state index contributed by atoms with van der Waals surface area (Å²) in [5, 5.41) is 3.47. The number of hydrogen-bond donors (Lipinski definition) is 1. The number of carbonyl (C=O) groups excluding carboxylic acids is 5. The molecule has 0 unspecified atom stereocenters. The molecule has 9 saturated heterocycles. The number of alkyl halides is 2. The molecule has 77 heavy (non-hydrogen) atoms. The van der Waals surface area contributed by atoms with Gasteiger partial charge < -0.3 is 57.9 Å². The molecular formula is C54H92Cl4N6O13. The van der Waals surface area contributed by atoms with Crippen LogP contribution in [-0.4, -0.2) is 221 Å². The van der Waals surface area contributed by atoms with E-state index in [-0.39, 0.29) is 65.4 Å². The molecule has 19 nitrogen and oxygen atoms in total. The Morgan fingerprint density at radius 3 is 1.25 bits per heavy atom. The first kappa shape index (κ1) is 65.8. The molecule has 23 heteroatoms. The second kappa shape index (κ2) is 31.4. The van der Waals surface area contributed by atoms with Crippen molar-refractivity contribution in [1.82, 2.24) is 29.8 Å². The molecule has 0 aromatic carbocycles. The monoisotopic (exact) mass is 1170 g/mol. The molecule has 444 valence electrons. The molecule has 5 spiro atoms. The number of piperidine rings is 3. The molecule has 0 bridgehead atoms. The largest absolute Gasteiger partial charge is 0.450 e. The number of carbonyl (C=O) groups is 5. The number of nitrogens with zero attached hydrogens (tertiary/aromatic N) is 5. The summed E-state index contributed by atoms with van der Waals surface area (Å²) >= 11 is 9.53. The summed E-state index contributed by atoms with van der Waals surface area (Å²) in [7, 11) is 0. The Kier molecular flexibility index (Phi) is 26.9. The lowest BCUT2D eigenvalue weighted by atomic mass is 9.64. The Morgan fingerprint density at radius 1 is 0.519 bits per heavy atom. The minimum atomic E-state index is -0.272. The van der Waals surface area contributed by atoms with E-state index in [0.29, 0.717) is 73.7 Å². The van der Waals surface area contributed by atoms with Crippen molar-refractivity contribution in [3.8, 4) is 0 Å². The van der Waals surface area contributed by atoms with Gasteiger partial charge in [0.1, 0.15) is 11.6 Å². The van der Waals surface area contributed by atoms with E-state index in [4.69, 9.17) is 61.1 Å². The van der Waals surface area contributed by atoms with Gasteiger partial charge in [-0.2, -0.15) is 0 Å². The normalized spacial score (nSPS) is 30.0. The van der Waals surface area contributed by atoms with E-state index in [1.165, 1.54) is 38.5 Å². The van der Waals surface area contributed by atoms with E-state index in [2.05, 4.69) is 15.1 Å². The highest BCUT2D eigenvalue weighted by atomic mass is 35.5. The second-order valence-corrected chi connectivity index (χ2v) is 23.4. The number of Topliss-reactive ketones (excluding diaryl/α,β-unsaturated/α-hetero) is 2. The average Bonchev–Trinajstić information content (AvgIpc) is 4.25. The number of hydrogen-bond acceptors (Lipinski definition) is 16. The molecule has 12 fully saturated rings. The third kappa shape index (κ3) is 18.2. The van der Waals surface area contributed by atoms with Crippen LogP contribution in [0.15, 0.2) is 0 Å². The maximum absolute atomic E-state index is 11.9. The summed E-state index contributed by atoms with van der Waals surface area (Å²) in [5.41, 5.74) is 0.801. The van der Waals surface area contributed by atoms with Crippen LogP contribution in [0.5, 0.6) is 0 Å². The average molecular weight is 1180 g/mol. The van der Waals surface area contributed by atoms with Crippen LogP contribution in [0.4, 0.5) is 14.4 Å². The van der Waals surface area contributed by atoms with E-state index >= 15 is 0 Å². The van der Waals surface area contributed by atoms with Crippen molar-refractivity contribution in [2.75, 3.05) is 143 Å². The number of likely N-dealkylation sites (tertiary alicyclic amines) is 5. The van der Waals surface area contributed by atoms with E-state index in [9.17, 15) is 24.0 Å². The molecule has 9 heterocycles. The Balaban J connectivity index is 0.000000184. The van der Waals surface area contributed by atoms with Crippen LogP contribution in [0.3, 0.4) is 0 Å². The van der Waals surface area contributed by atoms with E-state index in [1.807, 2.05) is 23.6 Å². The summed E-state index contributed by atoms with van der Waals surface area (Å²) < 4.78 is 42.7. The predicted octanol–water partition coefficient (Wildman–Crippen LogP) is 7.87. The molecule has 0 aromatic heterocycles. The zero-order valence-electron chi connectivity index (χ0n) is 46.3. The number of nitrogens with one attached hydrogen (secondary N) is 1. The summed E-state index contributed by atoms with van der Waals surface area (Å²) in [4.78, 5) is 67.7. The van der Waals surface area contributed by atoms with Crippen molar-refractivity contribution >= 4 is 77.9 Å². The first-order chi connectivity index (χ1) is 36.2. The molecule has 9 aliphatic heterocycles. The zero-order chi connectivity index (χ0) is 53.4. The Labute approximate surface area is 480 Å². The Morgan fingerprint density at radius 2 is 0.883 bits per heavy atom. The van der Waals surface area contributed by atoms with Gasteiger partial charge in [0, 0.05) is 161 Å². The molecule has 12 rings (SSSR count). The lowest BCUT2D eigenvalue weighted by Gasteiger charge is -2.52. The van der Waals surface area contributed by atoms with Gasteiger partial charge in [-0.25, -0.2) is 14.4 Å². The fourth-order valence-electron chi connectivity index (χ4n) is 13.3. The van der Waals surface area contributed by atoms with Crippen LogP contribution in [0.25, 0.3) is 0 Å². The highest BCUT2D eigenvalue weighted by Crippen LogP contribution is 2.52. The predicted molar refractivity (Wildman–Crippen MR) is 296 cm³/mol. The van der Waals surface area contributed by atoms with Gasteiger partial charge in [-0.05, 0) is 89.4 Å². The minimum Gasteiger partial charge on any atom is -0.450 e. The lowest BCUT2D eigenvalue weighted by molar-refractivity contribution is -0.192. The number of amides is 3. The van der Waals surface area contributed by atoms with Crippen LogP contribution in [0, 0.1) is 16.2 Å². The SMILES string of the molecule is C1CC2(CCN1)OCCO2.C1CCOC1.CCOC(=O)N1CCC2(CC(=O)C2)C1.CCOC(=O)N1CCC2(CC(N3CCC(=O)CC3)C2)C1.CCOC(=O)N1CCC2(CC(N3CCC4(CC3)OCCO4)C2)C1.Cl.Cl.ClCCl. The van der Waals surface area contributed by atoms with Gasteiger partial charge in [-0.15, -0.1) is 48.0 Å². The first-order valence-electron chi connectivity index (χ1n) is 28.5. The summed E-state index contributed by atoms with van der Waals surface area (Å²) in [5.74, 6) is 0.275. The molecular weight excluding hydrogens is 1080 g/mol. The highest BCUT2D eigenvalue weighted by Gasteiger charge is 2.54. The van der Waals surface area contributed by atoms with Crippen molar-refractivity contribution in [3.05, 3.63) is 0 Å². The Bertz CT molecular complexity index is 1810. The zero-order valence-corrected chi connectivity index (χ0v) is 49.5. The fourth-order valence-corrected chi connectivity index (χ4v) is 13.3. The van der Waals surface area contributed by atoms with Crippen LogP contribution in [0.2, 0.25) is 0 Å². The fraction of sp³-hybridized carbons (Fsp3) is 0.907. The molecule has 12 aliphatic rings. The molecule has 0 aromatic rings. The van der Waals surface area contributed by atoms with Gasteiger partial charge >= 0.3 is 18.3 Å². The summed E-state index contributed by atoms with van der Waals surface area (Å²) in [6.45, 7) is 22.8. The first-order valence-corrected chi connectivity index (χ1v) is 29.5. The Hall–Kier alpha value is -2.01. The van der Waals surface area contributed by atoms with Gasteiger partial charge in [0.2, 0.25) is 0 Å². The van der Waals surface area contributed by atoms with Gasteiger partial charge in [0.05, 0.1) is 51.6 Å². The second-order valence-electron chi connectivity index (χ2n) is 22.6. The maximum atomic E-state index is 11.9. The van der Waals surface area contributed by atoms with Crippen molar-refractivity contribution in [2.24, 2.45) is 16.2 Å². The van der Waals surface area contributed by atoms with Crippen LogP contribution < -0.4 is 5.32 Å². The van der Waals surface area contributed by atoms with Crippen molar-refractivity contribution in [1.29, 1.82) is 0 Å². The standard InChI is InChI=1S/C17H28N2O4.C15H24N2O3.C10H15NO3.C7H13NO2.C4H8O.CH2Cl2.2ClH/c1-2-21-15(20)19-6-3-16(13-19)11-14(12-16)18-7-4-17(5-8-18)22-9-10-23-17;1-2-20-14(19)17-8-5-15(11-17)9-12(10-15)16-6-3-13(18)4-7-16;1-2-14-9(13)11-4-3-10(7-11)5-8(12)6-10;1-3-8-4-2-7(1)9-5-6-10-7;1-2-4-5-3-1;2-1-3;;/h14H,2-13H2,1H3;12H,2-11H2,1H3;2-7H2,1H3;8H,1-6H2;1-4H2;1H2;2*1H. The third-order valence-corrected chi connectivity index (χ3v) is 17.5. The summed E-state index contributed by atoms with van der Waals surface area (Å²) in [6.07, 6.45) is 16.8. The van der Waals surface area contributed by atoms with Gasteiger partial charge in [0.15, 0.2) is 11.6 Å². The number of ether oxygens (including phenoxy) is 8. The quantitative estimate of drug-likeness (QED) is 0.207. The van der Waals surface area contributed by atoms with Crippen LogP contribution in [-0.2, 0) is 47.5 Å². The molecule has 0 radical (unpaired) electrons. The van der Waals surface area contributed by atoms with Gasteiger partial charge in [0.25, 0.3) is 0 Å². The van der Waals surface area contributed by atoms with Crippen molar-refractivity contribution < 1.29 is 61.9 Å². The molecule has 3 amide bonds. The molecule has 3 saturated carbocycles. The van der Waals surface area contributed by atoms with Crippen LogP contribution >= 0.6 is 48.0 Å². The molecule has 3 aliphatic carbocycles. The number of halogens is 4. The van der Waals surface area contributed by atoms with Crippen molar-refractivity contribution in [2.45, 2.75) is 154 Å². The third-order valence-electron chi connectivity index (χ3n) is 17.5.